The molecule has 0 radical (unpaired) electrons. The summed E-state index contributed by atoms with van der Waals surface area (Å²) in [7, 11) is 3.48. The van der Waals surface area contributed by atoms with Crippen LogP contribution in [0.15, 0.2) is 40.3 Å². The minimum Gasteiger partial charge on any atom is -0.399 e. The first kappa shape index (κ1) is 15.4. The van der Waals surface area contributed by atoms with Gasteiger partial charge in [-0.15, -0.1) is 0 Å². The van der Waals surface area contributed by atoms with Gasteiger partial charge in [0.15, 0.2) is 0 Å². The van der Waals surface area contributed by atoms with Crippen molar-refractivity contribution >= 4 is 23.4 Å². The van der Waals surface area contributed by atoms with Crippen molar-refractivity contribution in [1.82, 2.24) is 9.88 Å². The fourth-order valence-electron chi connectivity index (χ4n) is 2.01. The summed E-state index contributed by atoms with van der Waals surface area (Å²) >= 11 is 1.46. The van der Waals surface area contributed by atoms with Crippen LogP contribution in [0, 0.1) is 13.8 Å². The van der Waals surface area contributed by atoms with E-state index < -0.39 is 0 Å². The molecule has 0 atom stereocenters. The number of hydrogen-bond donors (Lipinski definition) is 1. The normalized spacial score (nSPS) is 10.5. The highest BCUT2D eigenvalue weighted by Gasteiger charge is 2.15. The van der Waals surface area contributed by atoms with E-state index in [1.807, 2.05) is 32.0 Å². The third-order valence-electron chi connectivity index (χ3n) is 2.93. The Balaban J connectivity index is 2.43. The third kappa shape index (κ3) is 3.76. The largest absolute Gasteiger partial charge is 0.399 e. The zero-order chi connectivity index (χ0) is 15.6. The molecule has 21 heavy (non-hydrogen) atoms. The Bertz CT molecular complexity index is 663. The second-order valence-electron chi connectivity index (χ2n) is 5.18. The Labute approximate surface area is 129 Å². The molecule has 1 aromatic heterocycles. The van der Waals surface area contributed by atoms with Crippen LogP contribution in [0.1, 0.15) is 21.6 Å². The van der Waals surface area contributed by atoms with Gasteiger partial charge in [-0.1, -0.05) is 11.8 Å². The van der Waals surface area contributed by atoms with E-state index in [9.17, 15) is 4.79 Å². The number of amides is 1. The molecular formula is C16H19N3OS. The van der Waals surface area contributed by atoms with Crippen molar-refractivity contribution < 1.29 is 4.79 Å². The molecule has 2 N–H and O–H groups in total. The third-order valence-corrected chi connectivity index (χ3v) is 3.91. The summed E-state index contributed by atoms with van der Waals surface area (Å²) in [6.45, 7) is 3.99. The van der Waals surface area contributed by atoms with Gasteiger partial charge in [-0.2, -0.15) is 0 Å². The number of aryl methyl sites for hydroxylation is 2. The molecule has 4 nitrogen and oxygen atoms in total. The first-order valence-electron chi connectivity index (χ1n) is 6.61. The molecule has 1 amide bonds. The van der Waals surface area contributed by atoms with Gasteiger partial charge in [0.05, 0.1) is 5.56 Å². The average molecular weight is 301 g/mol. The lowest BCUT2D eigenvalue weighted by molar-refractivity contribution is 0.0824. The van der Waals surface area contributed by atoms with Gasteiger partial charge < -0.3 is 10.6 Å². The fourth-order valence-corrected chi connectivity index (χ4v) is 3.13. The molecule has 0 bridgehead atoms. The number of pyridine rings is 1. The van der Waals surface area contributed by atoms with Crippen molar-refractivity contribution in [2.45, 2.75) is 23.8 Å². The maximum absolute atomic E-state index is 12.3. The Morgan fingerprint density at radius 2 is 1.90 bits per heavy atom. The van der Waals surface area contributed by atoms with Crippen molar-refractivity contribution in [3.05, 3.63) is 47.2 Å². The van der Waals surface area contributed by atoms with Crippen molar-refractivity contribution in [3.8, 4) is 0 Å². The molecule has 2 aromatic rings. The molecule has 0 saturated heterocycles. The van der Waals surface area contributed by atoms with Crippen LogP contribution in [0.25, 0.3) is 0 Å². The summed E-state index contributed by atoms with van der Waals surface area (Å²) in [4.78, 5) is 19.1. The van der Waals surface area contributed by atoms with Gasteiger partial charge in [0.2, 0.25) is 0 Å². The summed E-state index contributed by atoms with van der Waals surface area (Å²) in [6.07, 6.45) is 0. The number of rotatable bonds is 3. The van der Waals surface area contributed by atoms with Gasteiger partial charge in [0, 0.05) is 30.4 Å². The van der Waals surface area contributed by atoms with Crippen molar-refractivity contribution in [2.75, 3.05) is 19.8 Å². The number of nitrogen functional groups attached to an aromatic ring is 1. The van der Waals surface area contributed by atoms with E-state index in [-0.39, 0.29) is 5.91 Å². The predicted molar refractivity (Wildman–Crippen MR) is 86.7 cm³/mol. The molecule has 0 aliphatic rings. The highest BCUT2D eigenvalue weighted by molar-refractivity contribution is 7.99. The second-order valence-corrected chi connectivity index (χ2v) is 6.24. The summed E-state index contributed by atoms with van der Waals surface area (Å²) in [5.74, 6) is -0.0399. The lowest BCUT2D eigenvalue weighted by Crippen LogP contribution is -2.22. The first-order chi connectivity index (χ1) is 9.86. The monoisotopic (exact) mass is 301 g/mol. The van der Waals surface area contributed by atoms with Gasteiger partial charge in [0.1, 0.15) is 5.03 Å². The van der Waals surface area contributed by atoms with Gasteiger partial charge in [-0.25, -0.2) is 4.98 Å². The number of carbonyl (C=O) groups is 1. The molecule has 0 fully saturated rings. The van der Waals surface area contributed by atoms with Crippen LogP contribution in [0.4, 0.5) is 5.69 Å². The lowest BCUT2D eigenvalue weighted by Gasteiger charge is -2.14. The second kappa shape index (κ2) is 6.18. The Kier molecular flexibility index (Phi) is 4.53. The van der Waals surface area contributed by atoms with Gasteiger partial charge >= 0.3 is 0 Å². The zero-order valence-electron chi connectivity index (χ0n) is 12.7. The van der Waals surface area contributed by atoms with Crippen LogP contribution < -0.4 is 5.73 Å². The van der Waals surface area contributed by atoms with E-state index in [0.29, 0.717) is 11.3 Å². The summed E-state index contributed by atoms with van der Waals surface area (Å²) in [5.41, 5.74) is 9.24. The molecule has 1 aromatic carbocycles. The summed E-state index contributed by atoms with van der Waals surface area (Å²) in [5, 5.41) is 0.867. The van der Waals surface area contributed by atoms with Crippen LogP contribution in [-0.2, 0) is 0 Å². The minimum absolute atomic E-state index is 0.0399. The number of anilines is 1. The number of carbonyl (C=O) groups excluding carboxylic acids is 1. The fraction of sp³-hybridized carbons (Fsp3) is 0.250. The number of aromatic nitrogens is 1. The number of nitrogens with two attached hydrogens (primary N) is 1. The first-order valence-corrected chi connectivity index (χ1v) is 7.43. The minimum atomic E-state index is -0.0399. The highest BCUT2D eigenvalue weighted by Crippen LogP contribution is 2.32. The molecule has 5 heteroatoms. The standard InChI is InChI=1S/C16H19N3OS/c1-10-7-11(2)18-15(8-10)21-14-9-12(17)5-6-13(14)16(20)19(3)4/h5-9H,17H2,1-4H3. The molecule has 0 aliphatic heterocycles. The van der Waals surface area contributed by atoms with Crippen LogP contribution in [0.5, 0.6) is 0 Å². The van der Waals surface area contributed by atoms with E-state index in [0.717, 1.165) is 21.2 Å². The van der Waals surface area contributed by atoms with Crippen LogP contribution >= 0.6 is 11.8 Å². The lowest BCUT2D eigenvalue weighted by atomic mass is 10.2. The molecule has 0 saturated carbocycles. The van der Waals surface area contributed by atoms with Crippen LogP contribution in [0.3, 0.4) is 0 Å². The summed E-state index contributed by atoms with van der Waals surface area (Å²) < 4.78 is 0. The summed E-state index contributed by atoms with van der Waals surface area (Å²) in [6, 6.07) is 9.36. The number of hydrogen-bond acceptors (Lipinski definition) is 4. The van der Waals surface area contributed by atoms with Gasteiger partial charge in [-0.3, -0.25) is 4.79 Å². The van der Waals surface area contributed by atoms with E-state index in [1.54, 1.807) is 31.1 Å². The molecule has 1 heterocycles. The number of nitrogens with zero attached hydrogens (tertiary/aromatic N) is 2. The topological polar surface area (TPSA) is 59.2 Å². The molecule has 2 rings (SSSR count). The Morgan fingerprint density at radius 1 is 1.19 bits per heavy atom. The quantitative estimate of drug-likeness (QED) is 0.885. The van der Waals surface area contributed by atoms with E-state index >= 15 is 0 Å². The predicted octanol–water partition coefficient (Wildman–Crippen LogP) is 3.13. The SMILES string of the molecule is Cc1cc(C)nc(Sc2cc(N)ccc2C(=O)N(C)C)c1. The highest BCUT2D eigenvalue weighted by atomic mass is 32.2. The molecular weight excluding hydrogens is 282 g/mol. The van der Waals surface area contributed by atoms with E-state index in [2.05, 4.69) is 4.98 Å². The Hall–Kier alpha value is -2.01. The van der Waals surface area contributed by atoms with E-state index in [1.165, 1.54) is 11.8 Å². The molecule has 0 aliphatic carbocycles. The van der Waals surface area contributed by atoms with Crippen molar-refractivity contribution in [3.63, 3.8) is 0 Å². The molecule has 0 spiro atoms. The van der Waals surface area contributed by atoms with Crippen LogP contribution in [0.2, 0.25) is 0 Å². The molecule has 0 unspecified atom stereocenters. The molecule has 110 valence electrons. The number of benzene rings is 1. The Morgan fingerprint density at radius 3 is 2.52 bits per heavy atom. The van der Waals surface area contributed by atoms with E-state index in [4.69, 9.17) is 5.73 Å². The smallest absolute Gasteiger partial charge is 0.254 e. The zero-order valence-corrected chi connectivity index (χ0v) is 13.5. The van der Waals surface area contributed by atoms with Crippen molar-refractivity contribution in [2.24, 2.45) is 0 Å². The van der Waals surface area contributed by atoms with Crippen LogP contribution in [-0.4, -0.2) is 29.9 Å². The maximum atomic E-state index is 12.3. The van der Waals surface area contributed by atoms with Gasteiger partial charge in [-0.05, 0) is 49.7 Å². The van der Waals surface area contributed by atoms with Crippen molar-refractivity contribution in [1.29, 1.82) is 0 Å². The maximum Gasteiger partial charge on any atom is 0.254 e. The average Bonchev–Trinajstić information content (AvgIpc) is 2.36. The van der Waals surface area contributed by atoms with Gasteiger partial charge in [0.25, 0.3) is 5.91 Å².